The van der Waals surface area contributed by atoms with Crippen LogP contribution in [-0.4, -0.2) is 44.4 Å². The van der Waals surface area contributed by atoms with Gasteiger partial charge in [0.15, 0.2) is 0 Å². The van der Waals surface area contributed by atoms with Crippen LogP contribution in [0.1, 0.15) is 40.0 Å². The molecule has 0 aromatic carbocycles. The van der Waals surface area contributed by atoms with Gasteiger partial charge in [0.05, 0.1) is 5.92 Å². The molecule has 140 valence electrons. The third-order valence-corrected chi connectivity index (χ3v) is 14.3. The first kappa shape index (κ1) is 20.1. The molecule has 2 aliphatic carbocycles. The van der Waals surface area contributed by atoms with E-state index >= 15 is 0 Å². The highest BCUT2D eigenvalue weighted by Crippen LogP contribution is 2.58. The number of hydrogen-bond donors (Lipinski definition) is 0. The van der Waals surface area contributed by atoms with E-state index in [1.54, 1.807) is 21.3 Å². The third kappa shape index (κ3) is 3.38. The van der Waals surface area contributed by atoms with Crippen molar-refractivity contribution in [1.29, 1.82) is 0 Å². The molecule has 0 aromatic heterocycles. The molecule has 4 atom stereocenters. The quantitative estimate of drug-likeness (QED) is 0.661. The molecule has 0 aliphatic heterocycles. The lowest BCUT2D eigenvalue weighted by Gasteiger charge is -2.39. The van der Waals surface area contributed by atoms with Gasteiger partial charge in [0.2, 0.25) is 0 Å². The minimum Gasteiger partial charge on any atom is -0.519 e. The summed E-state index contributed by atoms with van der Waals surface area (Å²) in [7, 11) is 0.350. The molecular formula is C17H34O5Si2. The minimum absolute atomic E-state index is 0.0204. The van der Waals surface area contributed by atoms with Crippen LogP contribution in [0.5, 0.6) is 0 Å². The van der Waals surface area contributed by atoms with Crippen molar-refractivity contribution in [2.75, 3.05) is 21.3 Å². The lowest BCUT2D eigenvalue weighted by Crippen LogP contribution is -2.50. The van der Waals surface area contributed by atoms with E-state index in [0.717, 1.165) is 19.3 Å². The molecule has 0 heterocycles. The molecule has 4 unspecified atom stereocenters. The summed E-state index contributed by atoms with van der Waals surface area (Å²) in [5.74, 6) is 0.882. The summed E-state index contributed by atoms with van der Waals surface area (Å²) in [6.45, 7) is 10.8. The highest BCUT2D eigenvalue weighted by molar-refractivity contribution is 6.75. The van der Waals surface area contributed by atoms with Gasteiger partial charge in [-0.05, 0) is 49.2 Å². The van der Waals surface area contributed by atoms with Gasteiger partial charge in [0.25, 0.3) is 14.3 Å². The van der Waals surface area contributed by atoms with Crippen LogP contribution in [-0.2, 0) is 22.5 Å². The van der Waals surface area contributed by atoms with E-state index in [9.17, 15) is 4.79 Å². The van der Waals surface area contributed by atoms with E-state index in [-0.39, 0.29) is 16.9 Å². The van der Waals surface area contributed by atoms with Crippen LogP contribution in [0.4, 0.5) is 0 Å². The molecule has 0 amide bonds. The summed E-state index contributed by atoms with van der Waals surface area (Å²) in [4.78, 5) is 12.8. The van der Waals surface area contributed by atoms with E-state index in [1.807, 2.05) is 0 Å². The number of rotatable bonds is 6. The largest absolute Gasteiger partial charge is 0.519 e. The van der Waals surface area contributed by atoms with Crippen molar-refractivity contribution in [2.24, 2.45) is 17.8 Å². The SMILES string of the molecule is CO[Si](OC)(OC)C1CC2CC1CC2C(=O)O[Si](C)(C)C(C)(C)C. The van der Waals surface area contributed by atoms with Crippen LogP contribution in [0, 0.1) is 17.8 Å². The molecular weight excluding hydrogens is 340 g/mol. The average molecular weight is 375 g/mol. The van der Waals surface area contributed by atoms with E-state index < -0.39 is 17.1 Å². The van der Waals surface area contributed by atoms with Gasteiger partial charge in [-0.25, -0.2) is 0 Å². The molecule has 2 saturated carbocycles. The van der Waals surface area contributed by atoms with Gasteiger partial charge in [0.1, 0.15) is 0 Å². The Morgan fingerprint density at radius 1 is 0.917 bits per heavy atom. The standard InChI is InChI=1S/C17H34O5Si2/c1-17(2,3)23(7,8)22-16(18)14-10-13-9-12(14)11-15(13)24(19-4,20-5)21-6/h12-15H,9-11H2,1-8H3. The molecule has 0 saturated heterocycles. The van der Waals surface area contributed by atoms with Crippen molar-refractivity contribution in [2.45, 2.75) is 63.7 Å². The predicted octanol–water partition coefficient (Wildman–Crippen LogP) is 3.83. The maximum atomic E-state index is 12.8. The van der Waals surface area contributed by atoms with Crippen molar-refractivity contribution in [3.8, 4) is 0 Å². The topological polar surface area (TPSA) is 54.0 Å². The van der Waals surface area contributed by atoms with Crippen LogP contribution in [0.15, 0.2) is 0 Å². The van der Waals surface area contributed by atoms with E-state index in [0.29, 0.717) is 17.4 Å². The number of carbonyl (C=O) groups excluding carboxylic acids is 1. The maximum Gasteiger partial charge on any atom is 0.503 e. The molecule has 0 N–H and O–H groups in total. The van der Waals surface area contributed by atoms with Crippen molar-refractivity contribution in [3.63, 3.8) is 0 Å². The first-order valence-electron chi connectivity index (χ1n) is 8.89. The highest BCUT2D eigenvalue weighted by atomic mass is 28.4. The van der Waals surface area contributed by atoms with E-state index in [1.165, 1.54) is 0 Å². The second-order valence-electron chi connectivity index (χ2n) is 8.84. The highest BCUT2D eigenvalue weighted by Gasteiger charge is 2.61. The summed E-state index contributed by atoms with van der Waals surface area (Å²) in [6, 6.07) is 0. The smallest absolute Gasteiger partial charge is 0.503 e. The zero-order valence-corrected chi connectivity index (χ0v) is 18.5. The van der Waals surface area contributed by atoms with Crippen LogP contribution in [0.3, 0.4) is 0 Å². The second-order valence-corrected chi connectivity index (χ2v) is 16.7. The monoisotopic (exact) mass is 374 g/mol. The Morgan fingerprint density at radius 2 is 1.46 bits per heavy atom. The zero-order chi connectivity index (χ0) is 18.3. The lowest BCUT2D eigenvalue weighted by atomic mass is 9.89. The number of hydrogen-bond acceptors (Lipinski definition) is 5. The molecule has 2 aliphatic rings. The summed E-state index contributed by atoms with van der Waals surface area (Å²) in [5, 5.41) is 0.0486. The summed E-state index contributed by atoms with van der Waals surface area (Å²) < 4.78 is 23.1. The van der Waals surface area contributed by atoms with Gasteiger partial charge in [0, 0.05) is 26.9 Å². The molecule has 24 heavy (non-hydrogen) atoms. The van der Waals surface area contributed by atoms with Gasteiger partial charge >= 0.3 is 8.80 Å². The Balaban J connectivity index is 2.04. The molecule has 5 nitrogen and oxygen atoms in total. The number of carbonyl (C=O) groups is 1. The molecule has 0 radical (unpaired) electrons. The molecule has 2 bridgehead atoms. The van der Waals surface area contributed by atoms with Gasteiger partial charge in [-0.3, -0.25) is 4.79 Å². The average Bonchev–Trinajstić information content (AvgIpc) is 3.09. The Bertz CT molecular complexity index is 462. The molecule has 7 heteroatoms. The third-order valence-electron chi connectivity index (χ3n) is 6.63. The fourth-order valence-corrected chi connectivity index (χ4v) is 7.99. The minimum atomic E-state index is -2.62. The Labute approximate surface area is 148 Å². The summed E-state index contributed by atoms with van der Waals surface area (Å²) >= 11 is 0. The first-order chi connectivity index (χ1) is 11.0. The fourth-order valence-electron chi connectivity index (χ4n) is 4.18. The van der Waals surface area contributed by atoms with E-state index in [2.05, 4.69) is 33.9 Å². The predicted molar refractivity (Wildman–Crippen MR) is 98.1 cm³/mol. The maximum absolute atomic E-state index is 12.8. The lowest BCUT2D eigenvalue weighted by molar-refractivity contribution is -0.141. The van der Waals surface area contributed by atoms with Gasteiger partial charge in [-0.1, -0.05) is 20.8 Å². The van der Waals surface area contributed by atoms with Gasteiger partial charge in [-0.2, -0.15) is 0 Å². The van der Waals surface area contributed by atoms with Crippen molar-refractivity contribution in [1.82, 2.24) is 0 Å². The Morgan fingerprint density at radius 3 is 1.83 bits per heavy atom. The summed E-state index contributed by atoms with van der Waals surface area (Å²) in [6.07, 6.45) is 2.89. The Kier molecular flexibility index (Phi) is 5.72. The first-order valence-corrected chi connectivity index (χ1v) is 13.6. The number of fused-ring (bicyclic) bond motifs is 2. The van der Waals surface area contributed by atoms with Crippen molar-refractivity contribution in [3.05, 3.63) is 0 Å². The van der Waals surface area contributed by atoms with Crippen LogP contribution < -0.4 is 0 Å². The van der Waals surface area contributed by atoms with Gasteiger partial charge in [-0.15, -0.1) is 0 Å². The van der Waals surface area contributed by atoms with Crippen LogP contribution in [0.2, 0.25) is 23.7 Å². The molecule has 0 spiro atoms. The van der Waals surface area contributed by atoms with Crippen LogP contribution in [0.25, 0.3) is 0 Å². The summed E-state index contributed by atoms with van der Waals surface area (Å²) in [5.41, 5.74) is 0.305. The second kappa shape index (κ2) is 6.83. The molecule has 2 rings (SSSR count). The van der Waals surface area contributed by atoms with Crippen LogP contribution >= 0.6 is 0 Å². The normalized spacial score (nSPS) is 30.7. The molecule has 2 fully saturated rings. The fraction of sp³-hybridized carbons (Fsp3) is 0.941. The van der Waals surface area contributed by atoms with Crippen molar-refractivity contribution >= 4 is 23.1 Å². The molecule has 0 aromatic rings. The Hall–Kier alpha value is -0.216. The van der Waals surface area contributed by atoms with Crippen molar-refractivity contribution < 1.29 is 22.5 Å². The zero-order valence-electron chi connectivity index (χ0n) is 16.5. The van der Waals surface area contributed by atoms with E-state index in [4.69, 9.17) is 17.7 Å². The van der Waals surface area contributed by atoms with Gasteiger partial charge < -0.3 is 17.7 Å².